The minimum atomic E-state index is -0.345. The number of Topliss-reactive ketones (excluding diaryl/α,β-unsaturated/α-hetero) is 2. The predicted octanol–water partition coefficient (Wildman–Crippen LogP) is 5.90. The Balaban J connectivity index is 0.00000500. The molecule has 0 fully saturated rings. The maximum absolute atomic E-state index is 12.9. The summed E-state index contributed by atoms with van der Waals surface area (Å²) in [4.78, 5) is 69.7. The van der Waals surface area contributed by atoms with Crippen molar-refractivity contribution in [3.63, 3.8) is 0 Å². The molecule has 0 radical (unpaired) electrons. The summed E-state index contributed by atoms with van der Waals surface area (Å²) in [6.45, 7) is 10.5. The topological polar surface area (TPSA) is 141 Å². The van der Waals surface area contributed by atoms with Crippen molar-refractivity contribution in [1.82, 2.24) is 19.9 Å². The van der Waals surface area contributed by atoms with E-state index in [1.54, 1.807) is 12.1 Å². The van der Waals surface area contributed by atoms with Crippen LogP contribution < -0.4 is 9.97 Å². The second kappa shape index (κ2) is 14.0. The number of allylic oxidation sites excluding steroid dienone is 4. The minimum absolute atomic E-state index is 0. The van der Waals surface area contributed by atoms with Gasteiger partial charge in [0, 0.05) is 24.0 Å². The number of carbonyl (C=O) groups excluding carboxylic acids is 4. The SMILES string of the molecule is COC(=O)CCC1=C(C)c2cc3[n-]c(cc4nc(cc5[n-]c(cc1n2)c(CCC(=O)OC)c5C)C(C(C)=O)=C4C)c(C(C)=O)c3C.[Ni+2]. The molecule has 3 aromatic heterocycles. The standard InChI is InChI=1S/C36H37N4O6.Ni/c1-17-23(9-11-33(43)45-7)29-16-30-24(10-12-34(44)46-8)18(2)26(38-30)14-31-36(22(6)42)20(4)28(40-31)15-32-35(21(5)41)19(3)27(39-32)13-25(17)37-29;/h13-16H,9-12H2,1-8H3,(H-,37,38,39,40,41,42);/q-1;+2/p-1. The fourth-order valence-corrected chi connectivity index (χ4v) is 6.14. The zero-order valence-corrected chi connectivity index (χ0v) is 28.7. The average Bonchev–Trinajstić information content (AvgIpc) is 3.67. The third-order valence-corrected chi connectivity index (χ3v) is 8.70. The molecule has 0 spiro atoms. The zero-order valence-electron chi connectivity index (χ0n) is 27.7. The number of esters is 2. The largest absolute Gasteiger partial charge is 2.00 e. The Bertz CT molecular complexity index is 2060. The van der Waals surface area contributed by atoms with Gasteiger partial charge in [-0.15, -0.1) is 22.1 Å². The van der Waals surface area contributed by atoms with Crippen LogP contribution in [-0.4, -0.2) is 47.7 Å². The molecule has 10 nitrogen and oxygen atoms in total. The van der Waals surface area contributed by atoms with Crippen molar-refractivity contribution in [2.75, 3.05) is 14.2 Å². The molecule has 3 aromatic rings. The van der Waals surface area contributed by atoms with Gasteiger partial charge in [-0.2, -0.15) is 0 Å². The van der Waals surface area contributed by atoms with Gasteiger partial charge in [-0.05, 0) is 71.1 Å². The fourth-order valence-electron chi connectivity index (χ4n) is 6.14. The Kier molecular flexibility index (Phi) is 10.5. The first kappa shape index (κ1) is 35.2. The number of nitrogens with zero attached hydrogens (tertiary/aromatic N) is 4. The molecule has 0 atom stereocenters. The summed E-state index contributed by atoms with van der Waals surface area (Å²) >= 11 is 0. The number of methoxy groups -OCH3 is 2. The maximum Gasteiger partial charge on any atom is 2.00 e. The number of aromatic nitrogens is 4. The number of ether oxygens (including phenoxy) is 2. The molecule has 0 aliphatic carbocycles. The van der Waals surface area contributed by atoms with Crippen molar-refractivity contribution >= 4 is 67.9 Å². The molecule has 5 rings (SSSR count). The molecule has 0 unspecified atom stereocenters. The van der Waals surface area contributed by atoms with E-state index in [2.05, 4.69) is 0 Å². The third-order valence-electron chi connectivity index (χ3n) is 8.70. The maximum atomic E-state index is 12.9. The molecule has 0 N–H and O–H groups in total. The van der Waals surface area contributed by atoms with Crippen LogP contribution >= 0.6 is 0 Å². The summed E-state index contributed by atoms with van der Waals surface area (Å²) in [6.07, 6.45) is 1.07. The van der Waals surface area contributed by atoms with Crippen LogP contribution in [0.3, 0.4) is 0 Å². The van der Waals surface area contributed by atoms with Crippen LogP contribution in [0.2, 0.25) is 0 Å². The summed E-state index contributed by atoms with van der Waals surface area (Å²) < 4.78 is 9.82. The molecular weight excluding hydrogens is 643 g/mol. The van der Waals surface area contributed by atoms with Gasteiger partial charge in [0.15, 0.2) is 11.6 Å². The fraction of sp³-hybridized carbons (Fsp3) is 0.333. The van der Waals surface area contributed by atoms with Gasteiger partial charge in [-0.1, -0.05) is 41.0 Å². The second-order valence-corrected chi connectivity index (χ2v) is 11.6. The van der Waals surface area contributed by atoms with Crippen LogP contribution in [0.15, 0.2) is 24.3 Å². The molecule has 11 heteroatoms. The van der Waals surface area contributed by atoms with E-state index in [4.69, 9.17) is 29.4 Å². The first-order valence-corrected chi connectivity index (χ1v) is 15.1. The van der Waals surface area contributed by atoms with Crippen LogP contribution in [0, 0.1) is 13.8 Å². The Morgan fingerprint density at radius 3 is 1.77 bits per heavy atom. The number of ketones is 2. The molecule has 5 heterocycles. The predicted molar refractivity (Wildman–Crippen MR) is 176 cm³/mol. The number of hydrogen-bond donors (Lipinski definition) is 0. The molecule has 0 saturated heterocycles. The summed E-state index contributed by atoms with van der Waals surface area (Å²) in [5, 5.41) is 0. The van der Waals surface area contributed by atoms with Gasteiger partial charge < -0.3 is 19.4 Å². The van der Waals surface area contributed by atoms with Crippen molar-refractivity contribution in [1.29, 1.82) is 0 Å². The molecule has 2 aliphatic heterocycles. The van der Waals surface area contributed by atoms with Crippen LogP contribution in [0.4, 0.5) is 0 Å². The Labute approximate surface area is 283 Å². The van der Waals surface area contributed by atoms with Gasteiger partial charge >= 0.3 is 28.4 Å². The minimum Gasteiger partial charge on any atom is -0.657 e. The Morgan fingerprint density at radius 2 is 1.15 bits per heavy atom. The zero-order chi connectivity index (χ0) is 33.4. The van der Waals surface area contributed by atoms with Crippen molar-refractivity contribution in [3.8, 4) is 0 Å². The number of aryl methyl sites for hydroxylation is 3. The number of carbonyl (C=O) groups is 4. The summed E-state index contributed by atoms with van der Waals surface area (Å²) in [7, 11) is 2.71. The van der Waals surface area contributed by atoms with Crippen LogP contribution in [0.25, 0.3) is 44.4 Å². The Hall–Kier alpha value is -4.63. The molecule has 0 aromatic carbocycles. The molecule has 47 heavy (non-hydrogen) atoms. The molecule has 246 valence electrons. The van der Waals surface area contributed by atoms with E-state index in [1.165, 1.54) is 28.1 Å². The molecule has 8 bridgehead atoms. The monoisotopic (exact) mass is 678 g/mol. The molecule has 0 amide bonds. The van der Waals surface area contributed by atoms with E-state index in [-0.39, 0.29) is 52.8 Å². The van der Waals surface area contributed by atoms with Crippen molar-refractivity contribution in [2.45, 2.75) is 67.2 Å². The summed E-state index contributed by atoms with van der Waals surface area (Å²) in [5.74, 6) is -0.976. The van der Waals surface area contributed by atoms with E-state index in [0.29, 0.717) is 80.0 Å². The van der Waals surface area contributed by atoms with E-state index in [0.717, 1.165) is 22.3 Å². The van der Waals surface area contributed by atoms with E-state index < -0.39 is 0 Å². The summed E-state index contributed by atoms with van der Waals surface area (Å²) in [5.41, 5.74) is 10.2. The van der Waals surface area contributed by atoms with Crippen LogP contribution in [0.5, 0.6) is 0 Å². The normalized spacial score (nSPS) is 12.6. The van der Waals surface area contributed by atoms with Crippen molar-refractivity contribution in [2.24, 2.45) is 0 Å². The third kappa shape index (κ3) is 6.76. The number of rotatable bonds is 8. The average molecular weight is 679 g/mol. The molecule has 0 saturated carbocycles. The van der Waals surface area contributed by atoms with Crippen molar-refractivity contribution in [3.05, 3.63) is 69.3 Å². The van der Waals surface area contributed by atoms with Gasteiger partial charge in [-0.25, -0.2) is 9.97 Å². The number of fused-ring (bicyclic) bond motifs is 8. The first-order valence-electron chi connectivity index (χ1n) is 15.1. The smallest absolute Gasteiger partial charge is 0.657 e. The van der Waals surface area contributed by atoms with Gasteiger partial charge in [0.05, 0.1) is 37.0 Å². The van der Waals surface area contributed by atoms with Gasteiger partial charge in [0.25, 0.3) is 0 Å². The molecular formula is C36H36N4NiO6. The van der Waals surface area contributed by atoms with E-state index in [1.807, 2.05) is 39.8 Å². The van der Waals surface area contributed by atoms with Crippen LogP contribution in [-0.2, 0) is 46.8 Å². The van der Waals surface area contributed by atoms with Gasteiger partial charge in [0.2, 0.25) is 0 Å². The summed E-state index contributed by atoms with van der Waals surface area (Å²) in [6, 6.07) is 7.24. The Morgan fingerprint density at radius 1 is 0.638 bits per heavy atom. The van der Waals surface area contributed by atoms with Crippen LogP contribution in [0.1, 0.15) is 96.8 Å². The number of hydrogen-bond acceptors (Lipinski definition) is 8. The van der Waals surface area contributed by atoms with Gasteiger partial charge in [-0.3, -0.25) is 19.2 Å². The molecule has 2 aliphatic rings. The van der Waals surface area contributed by atoms with Crippen molar-refractivity contribution < 1.29 is 45.1 Å². The second-order valence-electron chi connectivity index (χ2n) is 11.6. The van der Waals surface area contributed by atoms with E-state index >= 15 is 0 Å². The first-order chi connectivity index (χ1) is 21.8. The van der Waals surface area contributed by atoms with E-state index in [9.17, 15) is 19.2 Å². The quantitative estimate of drug-likeness (QED) is 0.161. The van der Waals surface area contributed by atoms with Gasteiger partial charge in [0.1, 0.15) is 0 Å².